The molecule has 12 heteroatoms. The fourth-order valence-electron chi connectivity index (χ4n) is 6.19. The van der Waals surface area contributed by atoms with Crippen LogP contribution in [0.5, 0.6) is 0 Å². The van der Waals surface area contributed by atoms with Gasteiger partial charge in [-0.25, -0.2) is 9.59 Å². The van der Waals surface area contributed by atoms with E-state index in [-0.39, 0.29) is 30.2 Å². The molecular formula is C31H37F3N4O5. The van der Waals surface area contributed by atoms with Crippen LogP contribution < -0.4 is 5.32 Å². The minimum atomic E-state index is -4.35. The van der Waals surface area contributed by atoms with Crippen LogP contribution in [0.2, 0.25) is 0 Å². The summed E-state index contributed by atoms with van der Waals surface area (Å²) < 4.78 is 49.3. The minimum absolute atomic E-state index is 0.0224. The number of carbonyl (C=O) groups excluding carboxylic acids is 3. The number of ether oxygens (including phenoxy) is 2. The highest BCUT2D eigenvalue weighted by Crippen LogP contribution is 2.39. The van der Waals surface area contributed by atoms with Crippen molar-refractivity contribution in [2.24, 2.45) is 0 Å². The zero-order valence-electron chi connectivity index (χ0n) is 24.4. The van der Waals surface area contributed by atoms with Crippen molar-refractivity contribution in [3.05, 3.63) is 70.8 Å². The number of piperidine rings is 2. The number of amides is 3. The molecule has 43 heavy (non-hydrogen) atoms. The Bertz CT molecular complexity index is 1300. The number of hydrogen-bond donors (Lipinski definition) is 1. The Hall–Kier alpha value is -3.80. The predicted octanol–water partition coefficient (Wildman–Crippen LogP) is 5.04. The Morgan fingerprint density at radius 3 is 2.12 bits per heavy atom. The van der Waals surface area contributed by atoms with Gasteiger partial charge in [0.1, 0.15) is 5.60 Å². The quantitative estimate of drug-likeness (QED) is 0.498. The van der Waals surface area contributed by atoms with E-state index in [0.717, 1.165) is 23.3 Å². The maximum Gasteiger partial charge on any atom is 0.416 e. The highest BCUT2D eigenvalue weighted by atomic mass is 19.4. The van der Waals surface area contributed by atoms with Crippen molar-refractivity contribution in [1.82, 2.24) is 20.0 Å². The fraction of sp³-hybridized carbons (Fsp3) is 0.516. The van der Waals surface area contributed by atoms with Gasteiger partial charge < -0.3 is 19.7 Å². The molecule has 3 amide bonds. The van der Waals surface area contributed by atoms with Crippen molar-refractivity contribution in [2.75, 3.05) is 33.3 Å². The highest BCUT2D eigenvalue weighted by Gasteiger charge is 2.52. The first-order valence-corrected chi connectivity index (χ1v) is 14.6. The molecule has 9 nitrogen and oxygen atoms in total. The van der Waals surface area contributed by atoms with Gasteiger partial charge in [0, 0.05) is 63.7 Å². The molecule has 1 N–H and O–H groups in total. The molecule has 0 saturated carbocycles. The number of hydrogen-bond acceptors (Lipinski definition) is 6. The van der Waals surface area contributed by atoms with Crippen molar-refractivity contribution in [1.29, 1.82) is 0 Å². The van der Waals surface area contributed by atoms with Gasteiger partial charge >= 0.3 is 18.4 Å². The summed E-state index contributed by atoms with van der Waals surface area (Å²) in [6.45, 7) is 5.26. The Morgan fingerprint density at radius 2 is 1.53 bits per heavy atom. The van der Waals surface area contributed by atoms with Gasteiger partial charge in [0.25, 0.3) is 5.91 Å². The van der Waals surface area contributed by atoms with Gasteiger partial charge in [0.05, 0.1) is 18.7 Å². The molecule has 232 valence electrons. The monoisotopic (exact) mass is 602 g/mol. The van der Waals surface area contributed by atoms with Crippen LogP contribution in [0.1, 0.15) is 59.7 Å². The van der Waals surface area contributed by atoms with Gasteiger partial charge in [0.15, 0.2) is 0 Å². The molecule has 3 fully saturated rings. The van der Waals surface area contributed by atoms with Crippen LogP contribution in [0, 0.1) is 0 Å². The largest absolute Gasteiger partial charge is 0.453 e. The van der Waals surface area contributed by atoms with Gasteiger partial charge in [-0.15, -0.1) is 0 Å². The van der Waals surface area contributed by atoms with E-state index in [0.29, 0.717) is 70.5 Å². The zero-order chi connectivity index (χ0) is 30.8. The lowest BCUT2D eigenvalue weighted by molar-refractivity contribution is -0.137. The van der Waals surface area contributed by atoms with Crippen molar-refractivity contribution in [2.45, 2.75) is 69.6 Å². The van der Waals surface area contributed by atoms with Crippen molar-refractivity contribution in [3.8, 4) is 0 Å². The summed E-state index contributed by atoms with van der Waals surface area (Å²) in [5.41, 5.74) is 0.935. The van der Waals surface area contributed by atoms with E-state index in [1.54, 1.807) is 21.9 Å². The first-order chi connectivity index (χ1) is 20.5. The summed E-state index contributed by atoms with van der Waals surface area (Å²) in [7, 11) is 1.35. The van der Waals surface area contributed by atoms with E-state index in [2.05, 4.69) is 10.2 Å². The maximum atomic E-state index is 12.9. The Morgan fingerprint density at radius 1 is 0.953 bits per heavy atom. The van der Waals surface area contributed by atoms with Crippen molar-refractivity contribution < 1.29 is 37.0 Å². The number of halogens is 3. The standard InChI is InChI=1S/C31H37F3N4O5/c1-21-30(13-17-36(18-14-30)19-22-5-9-25(10-6-22)31(32,33)34)43-29(41)38(21)20-23-3-7-24(8-4-23)27(39)35-26-11-15-37(16-12-26)28(40)42-2/h3-10,21,26H,11-20H2,1-2H3,(H,35,39). The van der Waals surface area contributed by atoms with E-state index >= 15 is 0 Å². The molecule has 0 aliphatic carbocycles. The summed E-state index contributed by atoms with van der Waals surface area (Å²) in [6, 6.07) is 12.2. The van der Waals surface area contributed by atoms with Crippen LogP contribution in [0.4, 0.5) is 22.8 Å². The first kappa shape index (κ1) is 30.7. The highest BCUT2D eigenvalue weighted by molar-refractivity contribution is 5.94. The molecule has 0 radical (unpaired) electrons. The number of benzene rings is 2. The van der Waals surface area contributed by atoms with Crippen LogP contribution in [-0.4, -0.2) is 83.8 Å². The number of carbonyl (C=O) groups is 3. The lowest BCUT2D eigenvalue weighted by atomic mass is 9.84. The molecule has 5 rings (SSSR count). The number of methoxy groups -OCH3 is 1. The van der Waals surface area contributed by atoms with Crippen LogP contribution in [0.15, 0.2) is 48.5 Å². The second kappa shape index (κ2) is 12.4. The third-order valence-corrected chi connectivity index (χ3v) is 8.98. The lowest BCUT2D eigenvalue weighted by Crippen LogP contribution is -2.51. The summed E-state index contributed by atoms with van der Waals surface area (Å²) in [5.74, 6) is -0.181. The normalized spacial score (nSPS) is 21.1. The molecule has 1 atom stereocenters. The van der Waals surface area contributed by atoms with Gasteiger partial charge in [-0.3, -0.25) is 14.6 Å². The molecule has 3 aliphatic heterocycles. The molecule has 3 saturated heterocycles. The topological polar surface area (TPSA) is 91.4 Å². The predicted molar refractivity (Wildman–Crippen MR) is 151 cm³/mol. The van der Waals surface area contributed by atoms with E-state index in [9.17, 15) is 27.6 Å². The number of alkyl halides is 3. The molecule has 3 aliphatic rings. The molecule has 0 bridgehead atoms. The number of nitrogens with one attached hydrogen (secondary N) is 1. The van der Waals surface area contributed by atoms with E-state index in [4.69, 9.17) is 9.47 Å². The van der Waals surface area contributed by atoms with Gasteiger partial charge in [-0.05, 0) is 55.2 Å². The van der Waals surface area contributed by atoms with Crippen molar-refractivity contribution >= 4 is 18.1 Å². The van der Waals surface area contributed by atoms with Gasteiger partial charge in [-0.2, -0.15) is 13.2 Å². The first-order valence-electron chi connectivity index (χ1n) is 14.6. The van der Waals surface area contributed by atoms with Crippen LogP contribution in [0.25, 0.3) is 0 Å². The third kappa shape index (κ3) is 6.90. The molecule has 3 heterocycles. The molecular weight excluding hydrogens is 565 g/mol. The van der Waals surface area contributed by atoms with E-state index < -0.39 is 17.3 Å². The van der Waals surface area contributed by atoms with Crippen LogP contribution in [0.3, 0.4) is 0 Å². The summed E-state index contributed by atoms with van der Waals surface area (Å²) in [4.78, 5) is 42.9. The maximum absolute atomic E-state index is 12.9. The Kier molecular flexibility index (Phi) is 8.86. The number of nitrogens with zero attached hydrogens (tertiary/aromatic N) is 3. The average molecular weight is 603 g/mol. The smallest absolute Gasteiger partial charge is 0.416 e. The van der Waals surface area contributed by atoms with Crippen LogP contribution in [-0.2, 0) is 28.7 Å². The molecule has 1 unspecified atom stereocenters. The fourth-order valence-corrected chi connectivity index (χ4v) is 6.19. The summed E-state index contributed by atoms with van der Waals surface area (Å²) in [5, 5.41) is 3.03. The molecule has 0 aromatic heterocycles. The van der Waals surface area contributed by atoms with Crippen LogP contribution >= 0.6 is 0 Å². The Labute approximate surface area is 248 Å². The molecule has 2 aromatic carbocycles. The third-order valence-electron chi connectivity index (χ3n) is 8.98. The number of likely N-dealkylation sites (tertiary alicyclic amines) is 2. The molecule has 1 spiro atoms. The van der Waals surface area contributed by atoms with Gasteiger partial charge in [-0.1, -0.05) is 24.3 Å². The Balaban J connectivity index is 1.11. The average Bonchev–Trinajstić information content (AvgIpc) is 3.22. The van der Waals surface area contributed by atoms with E-state index in [1.165, 1.54) is 19.2 Å². The second-order valence-corrected chi connectivity index (χ2v) is 11.6. The second-order valence-electron chi connectivity index (χ2n) is 11.6. The SMILES string of the molecule is COC(=O)N1CCC(NC(=O)c2ccc(CN3C(=O)OC4(CCN(Cc5ccc(C(F)(F)F)cc5)CC4)C3C)cc2)CC1. The molecule has 2 aromatic rings. The zero-order valence-corrected chi connectivity index (χ0v) is 24.4. The number of rotatable bonds is 6. The van der Waals surface area contributed by atoms with E-state index in [1.807, 2.05) is 19.1 Å². The van der Waals surface area contributed by atoms with Crippen molar-refractivity contribution in [3.63, 3.8) is 0 Å². The lowest BCUT2D eigenvalue weighted by Gasteiger charge is -2.40. The minimum Gasteiger partial charge on any atom is -0.453 e. The summed E-state index contributed by atoms with van der Waals surface area (Å²) in [6.07, 6.45) is -2.50. The summed E-state index contributed by atoms with van der Waals surface area (Å²) >= 11 is 0. The van der Waals surface area contributed by atoms with Gasteiger partial charge in [0.2, 0.25) is 0 Å².